The Morgan fingerprint density at radius 1 is 1.22 bits per heavy atom. The Bertz CT molecular complexity index is 840. The molecule has 0 saturated carbocycles. The van der Waals surface area contributed by atoms with E-state index in [9.17, 15) is 18.5 Å². The highest BCUT2D eigenvalue weighted by molar-refractivity contribution is 7.89. The fraction of sp³-hybridized carbons (Fsp3) is 0.143. The van der Waals surface area contributed by atoms with Gasteiger partial charge in [0.15, 0.2) is 0 Å². The maximum Gasteiger partial charge on any atom is 0.293 e. The molecule has 2 aromatic carbocycles. The highest BCUT2D eigenvalue weighted by Crippen LogP contribution is 2.27. The summed E-state index contributed by atoms with van der Waals surface area (Å²) in [5, 5.41) is 19.6. The first-order chi connectivity index (χ1) is 10.8. The summed E-state index contributed by atoms with van der Waals surface area (Å²) in [7, 11) is -3.99. The van der Waals surface area contributed by atoms with E-state index in [4.69, 9.17) is 16.7 Å². The molecule has 0 aliphatic rings. The number of primary sulfonamides is 1. The third-order valence-corrected chi connectivity index (χ3v) is 4.26. The molecule has 122 valence electrons. The monoisotopic (exact) mass is 355 g/mol. The highest BCUT2D eigenvalue weighted by atomic mass is 35.5. The number of nitrogens with one attached hydrogen (secondary N) is 1. The summed E-state index contributed by atoms with van der Waals surface area (Å²) in [6.45, 7) is 0.426. The first-order valence-corrected chi connectivity index (χ1v) is 8.49. The van der Waals surface area contributed by atoms with Gasteiger partial charge in [0.1, 0.15) is 5.69 Å². The molecule has 0 amide bonds. The number of nitro benzene ring substituents is 1. The van der Waals surface area contributed by atoms with Gasteiger partial charge in [0.2, 0.25) is 10.0 Å². The molecule has 0 spiro atoms. The lowest BCUT2D eigenvalue weighted by Gasteiger charge is -2.08. The van der Waals surface area contributed by atoms with Crippen LogP contribution in [-0.2, 0) is 16.4 Å². The number of halogens is 1. The fourth-order valence-corrected chi connectivity index (χ4v) is 2.77. The Kier molecular flexibility index (Phi) is 5.19. The molecule has 0 saturated heterocycles. The quantitative estimate of drug-likeness (QED) is 0.610. The molecule has 3 N–H and O–H groups in total. The van der Waals surface area contributed by atoms with Crippen molar-refractivity contribution >= 4 is 33.0 Å². The molecule has 7 nitrogen and oxygen atoms in total. The zero-order chi connectivity index (χ0) is 17.0. The second-order valence-corrected chi connectivity index (χ2v) is 6.79. The average Bonchev–Trinajstić information content (AvgIpc) is 2.46. The van der Waals surface area contributed by atoms with Gasteiger partial charge in [-0.25, -0.2) is 13.6 Å². The number of benzene rings is 2. The second kappa shape index (κ2) is 6.95. The van der Waals surface area contributed by atoms with E-state index in [1.807, 2.05) is 18.2 Å². The maximum absolute atomic E-state index is 11.3. The summed E-state index contributed by atoms with van der Waals surface area (Å²) < 4.78 is 22.5. The van der Waals surface area contributed by atoms with E-state index < -0.39 is 14.9 Å². The summed E-state index contributed by atoms with van der Waals surface area (Å²) in [4.78, 5) is 10.1. The van der Waals surface area contributed by atoms with Crippen molar-refractivity contribution in [3.63, 3.8) is 0 Å². The Balaban J connectivity index is 2.15. The zero-order valence-electron chi connectivity index (χ0n) is 11.9. The van der Waals surface area contributed by atoms with Gasteiger partial charge in [-0.15, -0.1) is 0 Å². The normalized spacial score (nSPS) is 11.2. The smallest absolute Gasteiger partial charge is 0.293 e. The summed E-state index contributed by atoms with van der Waals surface area (Å²) >= 11 is 5.89. The summed E-state index contributed by atoms with van der Waals surface area (Å²) in [5.41, 5.74) is 0.862. The molecule has 0 heterocycles. The van der Waals surface area contributed by atoms with Crippen LogP contribution in [0.1, 0.15) is 5.56 Å². The van der Waals surface area contributed by atoms with Crippen LogP contribution in [0.15, 0.2) is 47.4 Å². The third kappa shape index (κ3) is 4.65. The summed E-state index contributed by atoms with van der Waals surface area (Å²) in [5.74, 6) is 0. The minimum absolute atomic E-state index is 0.226. The number of nitrogens with two attached hydrogens (primary N) is 1. The van der Waals surface area contributed by atoms with E-state index in [0.29, 0.717) is 18.0 Å². The van der Waals surface area contributed by atoms with Crippen molar-refractivity contribution in [2.45, 2.75) is 11.3 Å². The van der Waals surface area contributed by atoms with Crippen molar-refractivity contribution in [1.82, 2.24) is 0 Å². The van der Waals surface area contributed by atoms with Crippen LogP contribution >= 0.6 is 11.6 Å². The first-order valence-electron chi connectivity index (χ1n) is 6.57. The molecule has 0 atom stereocenters. The van der Waals surface area contributed by atoms with E-state index in [2.05, 4.69) is 5.32 Å². The first kappa shape index (κ1) is 17.2. The van der Waals surface area contributed by atoms with Crippen LogP contribution in [0.2, 0.25) is 5.02 Å². The maximum atomic E-state index is 11.3. The Morgan fingerprint density at radius 2 is 1.96 bits per heavy atom. The number of anilines is 1. The van der Waals surface area contributed by atoms with E-state index >= 15 is 0 Å². The topological polar surface area (TPSA) is 115 Å². The van der Waals surface area contributed by atoms with Crippen LogP contribution in [0, 0.1) is 10.1 Å². The minimum Gasteiger partial charge on any atom is -0.379 e. The minimum atomic E-state index is -3.99. The standard InChI is InChI=1S/C14H14ClN3O4S/c15-11-3-1-2-10(8-11)6-7-17-13-5-4-12(23(16,21)22)9-14(13)18(19)20/h1-5,8-9,17H,6-7H2,(H2,16,21,22). The summed E-state index contributed by atoms with van der Waals surface area (Å²) in [6, 6.07) is 10.8. The van der Waals surface area contributed by atoms with E-state index in [0.717, 1.165) is 11.6 Å². The van der Waals surface area contributed by atoms with Crippen LogP contribution in [0.3, 0.4) is 0 Å². The van der Waals surface area contributed by atoms with Gasteiger partial charge in [0, 0.05) is 17.6 Å². The SMILES string of the molecule is NS(=O)(=O)c1ccc(NCCc2cccc(Cl)c2)c([N+](=O)[O-])c1. The van der Waals surface area contributed by atoms with Gasteiger partial charge in [-0.2, -0.15) is 0 Å². The van der Waals surface area contributed by atoms with Gasteiger partial charge in [0.05, 0.1) is 9.82 Å². The molecule has 23 heavy (non-hydrogen) atoms. The van der Waals surface area contributed by atoms with Gasteiger partial charge in [-0.05, 0) is 36.2 Å². The molecule has 0 bridgehead atoms. The third-order valence-electron chi connectivity index (χ3n) is 3.11. The number of hydrogen-bond acceptors (Lipinski definition) is 5. The number of sulfonamides is 1. The van der Waals surface area contributed by atoms with Crippen LogP contribution in [-0.4, -0.2) is 19.9 Å². The molecule has 0 aliphatic heterocycles. The van der Waals surface area contributed by atoms with Gasteiger partial charge >= 0.3 is 0 Å². The molecular formula is C14H14ClN3O4S. The number of nitrogens with zero attached hydrogens (tertiary/aromatic N) is 1. The predicted molar refractivity (Wildman–Crippen MR) is 88.1 cm³/mol. The fourth-order valence-electron chi connectivity index (χ4n) is 2.02. The molecule has 9 heteroatoms. The largest absolute Gasteiger partial charge is 0.379 e. The van der Waals surface area contributed by atoms with Gasteiger partial charge in [-0.3, -0.25) is 10.1 Å². The molecule has 0 aliphatic carbocycles. The second-order valence-electron chi connectivity index (χ2n) is 4.79. The Morgan fingerprint density at radius 3 is 2.57 bits per heavy atom. The average molecular weight is 356 g/mol. The molecule has 2 rings (SSSR count). The molecule has 0 unspecified atom stereocenters. The van der Waals surface area contributed by atoms with Crippen molar-refractivity contribution in [1.29, 1.82) is 0 Å². The lowest BCUT2D eigenvalue weighted by Crippen LogP contribution is -2.13. The summed E-state index contributed by atoms with van der Waals surface area (Å²) in [6.07, 6.45) is 0.606. The lowest BCUT2D eigenvalue weighted by atomic mass is 10.1. The van der Waals surface area contributed by atoms with Crippen LogP contribution in [0.25, 0.3) is 0 Å². The Hall–Kier alpha value is -2.16. The van der Waals surface area contributed by atoms with Crippen molar-refractivity contribution < 1.29 is 13.3 Å². The molecule has 0 fully saturated rings. The Labute approximate surface area is 138 Å². The molecule has 2 aromatic rings. The molecule has 0 aromatic heterocycles. The van der Waals surface area contributed by atoms with Crippen LogP contribution < -0.4 is 10.5 Å². The van der Waals surface area contributed by atoms with Crippen LogP contribution in [0.5, 0.6) is 0 Å². The number of nitro groups is 1. The number of rotatable bonds is 6. The van der Waals surface area contributed by atoms with Gasteiger partial charge in [-0.1, -0.05) is 23.7 Å². The van der Waals surface area contributed by atoms with Crippen molar-refractivity contribution in [3.05, 3.63) is 63.2 Å². The lowest BCUT2D eigenvalue weighted by molar-refractivity contribution is -0.384. The van der Waals surface area contributed by atoms with Gasteiger partial charge in [0.25, 0.3) is 5.69 Å². The van der Waals surface area contributed by atoms with E-state index in [1.54, 1.807) is 6.07 Å². The van der Waals surface area contributed by atoms with Gasteiger partial charge < -0.3 is 5.32 Å². The van der Waals surface area contributed by atoms with E-state index in [-0.39, 0.29) is 16.3 Å². The van der Waals surface area contributed by atoms with E-state index in [1.165, 1.54) is 12.1 Å². The number of hydrogen-bond donors (Lipinski definition) is 2. The zero-order valence-corrected chi connectivity index (χ0v) is 13.5. The van der Waals surface area contributed by atoms with Crippen molar-refractivity contribution in [2.75, 3.05) is 11.9 Å². The molecule has 0 radical (unpaired) electrons. The molecular weight excluding hydrogens is 342 g/mol. The predicted octanol–water partition coefficient (Wildman–Crippen LogP) is 2.55. The van der Waals surface area contributed by atoms with Crippen molar-refractivity contribution in [2.24, 2.45) is 5.14 Å². The van der Waals surface area contributed by atoms with Crippen LogP contribution in [0.4, 0.5) is 11.4 Å². The highest BCUT2D eigenvalue weighted by Gasteiger charge is 2.18. The van der Waals surface area contributed by atoms with Crippen molar-refractivity contribution in [3.8, 4) is 0 Å².